The van der Waals surface area contributed by atoms with Crippen LogP contribution in [-0.4, -0.2) is 27.3 Å². The molecule has 0 radical (unpaired) electrons. The molecule has 1 fully saturated rings. The summed E-state index contributed by atoms with van der Waals surface area (Å²) in [6.45, 7) is 2.65. The van der Waals surface area contributed by atoms with Crippen molar-refractivity contribution in [3.63, 3.8) is 0 Å². The Bertz CT molecular complexity index is 1100. The van der Waals surface area contributed by atoms with Gasteiger partial charge in [0.05, 0.1) is 33.3 Å². The van der Waals surface area contributed by atoms with E-state index < -0.39 is 0 Å². The average Bonchev–Trinajstić information content (AvgIpc) is 3.47. The van der Waals surface area contributed by atoms with Crippen LogP contribution in [-0.2, 0) is 11.2 Å². The lowest BCUT2D eigenvalue weighted by Gasteiger charge is -2.22. The number of thiazole rings is 1. The minimum Gasteiger partial charge on any atom is -0.440 e. The number of carbonyl (C=O) groups excluding carboxylic acids is 1. The van der Waals surface area contributed by atoms with Crippen LogP contribution in [0.15, 0.2) is 46.2 Å². The monoisotopic (exact) mass is 409 g/mol. The first-order chi connectivity index (χ1) is 13.7. The average molecular weight is 410 g/mol. The summed E-state index contributed by atoms with van der Waals surface area (Å²) in [4.78, 5) is 25.4. The molecular weight excluding hydrogens is 390 g/mol. The first-order valence-electron chi connectivity index (χ1n) is 9.34. The molecule has 0 saturated carbocycles. The van der Waals surface area contributed by atoms with Gasteiger partial charge in [0, 0.05) is 6.54 Å². The molecule has 142 valence electrons. The van der Waals surface area contributed by atoms with Gasteiger partial charge >= 0.3 is 0 Å². The topological polar surface area (TPSA) is 59.2 Å². The van der Waals surface area contributed by atoms with Crippen LogP contribution in [0.5, 0.6) is 0 Å². The van der Waals surface area contributed by atoms with E-state index in [2.05, 4.69) is 11.1 Å². The number of fused-ring (bicyclic) bond motifs is 1. The zero-order valence-electron chi connectivity index (χ0n) is 15.4. The van der Waals surface area contributed by atoms with E-state index in [0.717, 1.165) is 40.5 Å². The molecule has 5 rings (SSSR count). The van der Waals surface area contributed by atoms with Crippen molar-refractivity contribution in [2.45, 2.75) is 32.2 Å². The number of oxazole rings is 1. The number of aromatic nitrogens is 2. The van der Waals surface area contributed by atoms with Crippen LogP contribution in [0.25, 0.3) is 21.0 Å². The second-order valence-corrected chi connectivity index (χ2v) is 8.95. The quantitative estimate of drug-likeness (QED) is 0.463. The fraction of sp³-hybridized carbons (Fsp3) is 0.286. The minimum atomic E-state index is 0.0638. The molecule has 4 aromatic rings. The number of benzene rings is 1. The minimum absolute atomic E-state index is 0.0638. The predicted molar refractivity (Wildman–Crippen MR) is 112 cm³/mol. The maximum Gasteiger partial charge on any atom is 0.236 e. The number of rotatable bonds is 4. The van der Waals surface area contributed by atoms with Gasteiger partial charge in [0.1, 0.15) is 10.8 Å². The van der Waals surface area contributed by atoms with E-state index in [1.165, 1.54) is 4.70 Å². The third-order valence-corrected chi connectivity index (χ3v) is 7.11. The lowest BCUT2D eigenvalue weighted by Crippen LogP contribution is -2.32. The molecule has 4 heterocycles. The summed E-state index contributed by atoms with van der Waals surface area (Å²) in [5.74, 6) is 1.41. The van der Waals surface area contributed by atoms with E-state index in [-0.39, 0.29) is 18.4 Å². The van der Waals surface area contributed by atoms with Crippen molar-refractivity contribution >= 4 is 38.8 Å². The molecule has 5 nitrogen and oxygen atoms in total. The van der Waals surface area contributed by atoms with E-state index in [9.17, 15) is 4.79 Å². The third-order valence-electron chi connectivity index (χ3n) is 5.11. The van der Waals surface area contributed by atoms with E-state index in [0.29, 0.717) is 11.7 Å². The van der Waals surface area contributed by atoms with Gasteiger partial charge in [-0.15, -0.1) is 22.7 Å². The summed E-state index contributed by atoms with van der Waals surface area (Å²) in [6, 6.07) is 12.2. The molecule has 0 N–H and O–H groups in total. The van der Waals surface area contributed by atoms with Crippen LogP contribution < -0.4 is 0 Å². The molecule has 1 aliphatic heterocycles. The van der Waals surface area contributed by atoms with Crippen molar-refractivity contribution < 1.29 is 9.21 Å². The summed E-state index contributed by atoms with van der Waals surface area (Å²) < 4.78 is 6.96. The smallest absolute Gasteiger partial charge is 0.236 e. The summed E-state index contributed by atoms with van der Waals surface area (Å²) >= 11 is 3.27. The van der Waals surface area contributed by atoms with Crippen molar-refractivity contribution in [2.75, 3.05) is 6.54 Å². The highest BCUT2D eigenvalue weighted by atomic mass is 32.1. The van der Waals surface area contributed by atoms with E-state index >= 15 is 0 Å². The van der Waals surface area contributed by atoms with Gasteiger partial charge in [-0.1, -0.05) is 18.2 Å². The number of thiophene rings is 1. The molecule has 1 aromatic carbocycles. The number of aryl methyl sites for hydroxylation is 1. The maximum atomic E-state index is 13.1. The normalized spacial score (nSPS) is 16.9. The SMILES string of the molecule is Cc1oc(-c2cccs2)nc1CC(=O)N1CCC[C@H]1c1nc2ccccc2s1. The molecule has 0 unspecified atom stereocenters. The van der Waals surface area contributed by atoms with Crippen LogP contribution in [0.4, 0.5) is 0 Å². The van der Waals surface area contributed by atoms with Gasteiger partial charge in [0.25, 0.3) is 0 Å². The summed E-state index contributed by atoms with van der Waals surface area (Å²) in [7, 11) is 0. The van der Waals surface area contributed by atoms with Crippen molar-refractivity contribution in [3.8, 4) is 10.8 Å². The van der Waals surface area contributed by atoms with Crippen LogP contribution in [0.1, 0.15) is 35.3 Å². The molecule has 1 aliphatic rings. The second kappa shape index (κ2) is 7.14. The van der Waals surface area contributed by atoms with Gasteiger partial charge in [-0.2, -0.15) is 0 Å². The summed E-state index contributed by atoms with van der Waals surface area (Å²) in [5, 5.41) is 3.02. The predicted octanol–water partition coefficient (Wildman–Crippen LogP) is 5.23. The van der Waals surface area contributed by atoms with Crippen LogP contribution in [0.2, 0.25) is 0 Å². The Balaban J connectivity index is 1.37. The van der Waals surface area contributed by atoms with E-state index in [1.807, 2.05) is 47.5 Å². The zero-order chi connectivity index (χ0) is 19.1. The van der Waals surface area contributed by atoms with E-state index in [1.54, 1.807) is 22.7 Å². The second-order valence-electron chi connectivity index (χ2n) is 6.94. The van der Waals surface area contributed by atoms with Crippen molar-refractivity contribution in [2.24, 2.45) is 0 Å². The number of carbonyl (C=O) groups is 1. The molecule has 1 atom stereocenters. The first-order valence-corrected chi connectivity index (χ1v) is 11.0. The molecule has 0 aliphatic carbocycles. The summed E-state index contributed by atoms with van der Waals surface area (Å²) in [6.07, 6.45) is 2.23. The van der Waals surface area contributed by atoms with Crippen LogP contribution in [0.3, 0.4) is 0 Å². The zero-order valence-corrected chi connectivity index (χ0v) is 17.1. The molecule has 1 amide bonds. The molecule has 1 saturated heterocycles. The highest BCUT2D eigenvalue weighted by Gasteiger charge is 2.33. The summed E-state index contributed by atoms with van der Waals surface area (Å²) in [5.41, 5.74) is 1.73. The van der Waals surface area contributed by atoms with E-state index in [4.69, 9.17) is 9.40 Å². The Morgan fingerprint density at radius 1 is 1.25 bits per heavy atom. The van der Waals surface area contributed by atoms with Gasteiger partial charge < -0.3 is 9.32 Å². The van der Waals surface area contributed by atoms with Gasteiger partial charge in [-0.3, -0.25) is 4.79 Å². The Hall–Kier alpha value is -2.51. The fourth-order valence-corrected chi connectivity index (χ4v) is 5.46. The standard InChI is InChI=1S/C21H19N3O2S2/c1-13-15(22-20(26-13)18-9-5-11-27-18)12-19(25)24-10-4-7-16(24)21-23-14-6-2-3-8-17(14)28-21/h2-3,5-6,8-9,11,16H,4,7,10,12H2,1H3/t16-/m0/s1. The lowest BCUT2D eigenvalue weighted by molar-refractivity contribution is -0.131. The number of para-hydroxylation sites is 1. The Morgan fingerprint density at radius 3 is 2.96 bits per heavy atom. The molecule has 0 spiro atoms. The first kappa shape index (κ1) is 17.6. The van der Waals surface area contributed by atoms with Gasteiger partial charge in [0.2, 0.25) is 11.8 Å². The molecule has 28 heavy (non-hydrogen) atoms. The van der Waals surface area contributed by atoms with Gasteiger partial charge in [0.15, 0.2) is 0 Å². The van der Waals surface area contributed by atoms with Crippen molar-refractivity contribution in [1.82, 2.24) is 14.9 Å². The molecule has 7 heteroatoms. The number of hydrogen-bond donors (Lipinski definition) is 0. The Labute approximate surface area is 170 Å². The van der Waals surface area contributed by atoms with Gasteiger partial charge in [-0.05, 0) is 43.3 Å². The van der Waals surface area contributed by atoms with Crippen molar-refractivity contribution in [3.05, 3.63) is 58.2 Å². The highest BCUT2D eigenvalue weighted by molar-refractivity contribution is 7.18. The Morgan fingerprint density at radius 2 is 2.14 bits per heavy atom. The lowest BCUT2D eigenvalue weighted by atomic mass is 10.2. The largest absolute Gasteiger partial charge is 0.440 e. The number of nitrogens with zero attached hydrogens (tertiary/aromatic N) is 3. The number of hydrogen-bond acceptors (Lipinski definition) is 6. The van der Waals surface area contributed by atoms with Crippen LogP contribution in [0, 0.1) is 6.92 Å². The van der Waals surface area contributed by atoms with Crippen molar-refractivity contribution in [1.29, 1.82) is 0 Å². The fourth-order valence-electron chi connectivity index (χ4n) is 3.70. The molecular formula is C21H19N3O2S2. The van der Waals surface area contributed by atoms with Gasteiger partial charge in [-0.25, -0.2) is 9.97 Å². The molecule has 0 bridgehead atoms. The number of likely N-dealkylation sites (tertiary alicyclic amines) is 1. The highest BCUT2D eigenvalue weighted by Crippen LogP contribution is 2.37. The molecule has 3 aromatic heterocycles. The third kappa shape index (κ3) is 3.14. The Kier molecular flexibility index (Phi) is 4.49. The van der Waals surface area contributed by atoms with Crippen LogP contribution >= 0.6 is 22.7 Å². The maximum absolute atomic E-state index is 13.1. The number of amides is 1.